The highest BCUT2D eigenvalue weighted by Gasteiger charge is 2.17. The van der Waals surface area contributed by atoms with Crippen molar-refractivity contribution in [1.82, 2.24) is 5.32 Å². The van der Waals surface area contributed by atoms with Crippen LogP contribution in [0, 0.1) is 13.8 Å². The molecule has 0 saturated heterocycles. The molecule has 2 aromatic rings. The van der Waals surface area contributed by atoms with Gasteiger partial charge in [0.2, 0.25) is 0 Å². The molecule has 0 heterocycles. The van der Waals surface area contributed by atoms with Crippen LogP contribution in [0.25, 0.3) is 0 Å². The maximum atomic E-state index is 6.41. The molecule has 1 atom stereocenters. The summed E-state index contributed by atoms with van der Waals surface area (Å²) < 4.78 is 1.06. The molecule has 0 bridgehead atoms. The summed E-state index contributed by atoms with van der Waals surface area (Å²) in [4.78, 5) is 0. The molecule has 0 aromatic heterocycles. The van der Waals surface area contributed by atoms with Gasteiger partial charge in [0.1, 0.15) is 0 Å². The van der Waals surface area contributed by atoms with Gasteiger partial charge in [0.25, 0.3) is 0 Å². The van der Waals surface area contributed by atoms with E-state index in [2.05, 4.69) is 66.3 Å². The minimum absolute atomic E-state index is 0.222. The zero-order chi connectivity index (χ0) is 15.4. The van der Waals surface area contributed by atoms with Gasteiger partial charge in [0, 0.05) is 15.5 Å². The largest absolute Gasteiger partial charge is 0.310 e. The zero-order valence-corrected chi connectivity index (χ0v) is 15.1. The van der Waals surface area contributed by atoms with Crippen LogP contribution in [-0.2, 0) is 6.42 Å². The number of aryl methyl sites for hydroxylation is 2. The summed E-state index contributed by atoms with van der Waals surface area (Å²) in [6.45, 7) is 7.39. The second-order valence-corrected chi connectivity index (χ2v) is 6.67. The third-order valence-corrected chi connectivity index (χ3v) is 4.67. The first-order chi connectivity index (χ1) is 10.0. The van der Waals surface area contributed by atoms with Crippen LogP contribution in [-0.4, -0.2) is 6.54 Å². The van der Waals surface area contributed by atoms with E-state index in [-0.39, 0.29) is 6.04 Å². The van der Waals surface area contributed by atoms with E-state index in [4.69, 9.17) is 11.6 Å². The predicted molar refractivity (Wildman–Crippen MR) is 95.2 cm³/mol. The Balaban J connectivity index is 2.38. The first-order valence-electron chi connectivity index (χ1n) is 7.26. The Hall–Kier alpha value is -0.830. The Morgan fingerprint density at radius 3 is 2.43 bits per heavy atom. The Labute approximate surface area is 140 Å². The Morgan fingerprint density at radius 1 is 1.14 bits per heavy atom. The van der Waals surface area contributed by atoms with E-state index >= 15 is 0 Å². The molecule has 21 heavy (non-hydrogen) atoms. The van der Waals surface area contributed by atoms with Crippen molar-refractivity contribution in [2.24, 2.45) is 0 Å². The van der Waals surface area contributed by atoms with Crippen molar-refractivity contribution in [1.29, 1.82) is 0 Å². The van der Waals surface area contributed by atoms with Gasteiger partial charge >= 0.3 is 0 Å². The second kappa shape index (κ2) is 7.44. The molecular weight excluding hydrogens is 346 g/mol. The highest BCUT2D eigenvalue weighted by Crippen LogP contribution is 2.30. The number of rotatable bonds is 5. The SMILES string of the molecule is CCNC(Cc1c(C)cccc1C)c1cc(Br)ccc1Cl. The Kier molecular flexibility index (Phi) is 5.86. The Morgan fingerprint density at radius 2 is 1.81 bits per heavy atom. The normalized spacial score (nSPS) is 12.4. The number of hydrogen-bond donors (Lipinski definition) is 1. The number of hydrogen-bond acceptors (Lipinski definition) is 1. The van der Waals surface area contributed by atoms with Gasteiger partial charge < -0.3 is 5.32 Å². The molecule has 1 nitrogen and oxygen atoms in total. The van der Waals surface area contributed by atoms with E-state index < -0.39 is 0 Å². The van der Waals surface area contributed by atoms with Crippen LogP contribution >= 0.6 is 27.5 Å². The van der Waals surface area contributed by atoms with Gasteiger partial charge in [-0.25, -0.2) is 0 Å². The van der Waals surface area contributed by atoms with Gasteiger partial charge in [-0.3, -0.25) is 0 Å². The van der Waals surface area contributed by atoms with Crippen LogP contribution < -0.4 is 5.32 Å². The second-order valence-electron chi connectivity index (χ2n) is 5.35. The number of nitrogens with one attached hydrogen (secondary N) is 1. The van der Waals surface area contributed by atoms with Crippen molar-refractivity contribution < 1.29 is 0 Å². The van der Waals surface area contributed by atoms with Crippen LogP contribution in [0.1, 0.15) is 35.2 Å². The quantitative estimate of drug-likeness (QED) is 0.725. The van der Waals surface area contributed by atoms with Crippen molar-refractivity contribution in [3.63, 3.8) is 0 Å². The maximum absolute atomic E-state index is 6.41. The summed E-state index contributed by atoms with van der Waals surface area (Å²) in [5.74, 6) is 0. The summed E-state index contributed by atoms with van der Waals surface area (Å²) in [6, 6.07) is 12.7. The number of benzene rings is 2. The lowest BCUT2D eigenvalue weighted by molar-refractivity contribution is 0.547. The lowest BCUT2D eigenvalue weighted by atomic mass is 9.93. The summed E-state index contributed by atoms with van der Waals surface area (Å²) in [5, 5.41) is 4.38. The summed E-state index contributed by atoms with van der Waals surface area (Å²) in [5.41, 5.74) is 5.23. The Bertz CT molecular complexity index is 604. The van der Waals surface area contributed by atoms with Crippen molar-refractivity contribution >= 4 is 27.5 Å². The number of halogens is 2. The minimum Gasteiger partial charge on any atom is -0.310 e. The predicted octanol–water partition coefficient (Wildman–Crippen LogP) is 5.61. The first kappa shape index (κ1) is 16.5. The average molecular weight is 367 g/mol. The highest BCUT2D eigenvalue weighted by molar-refractivity contribution is 9.10. The molecule has 2 aromatic carbocycles. The molecule has 1 N–H and O–H groups in total. The lowest BCUT2D eigenvalue weighted by Gasteiger charge is -2.22. The molecule has 0 aliphatic heterocycles. The summed E-state index contributed by atoms with van der Waals surface area (Å²) in [7, 11) is 0. The molecule has 0 aliphatic rings. The fraction of sp³-hybridized carbons (Fsp3) is 0.333. The molecule has 0 aliphatic carbocycles. The van der Waals surface area contributed by atoms with Crippen LogP contribution in [0.3, 0.4) is 0 Å². The fourth-order valence-corrected chi connectivity index (χ4v) is 3.32. The van der Waals surface area contributed by atoms with Crippen molar-refractivity contribution in [3.05, 3.63) is 68.1 Å². The molecule has 0 saturated carbocycles. The summed E-state index contributed by atoms with van der Waals surface area (Å²) >= 11 is 9.96. The standard InChI is InChI=1S/C18H21BrClN/c1-4-21-18(16-10-14(19)8-9-17(16)20)11-15-12(2)6-5-7-13(15)3/h5-10,18,21H,4,11H2,1-3H3. The van der Waals surface area contributed by atoms with Crippen LogP contribution in [0.4, 0.5) is 0 Å². The highest BCUT2D eigenvalue weighted by atomic mass is 79.9. The molecular formula is C18H21BrClN. The maximum Gasteiger partial charge on any atom is 0.0454 e. The molecule has 0 radical (unpaired) electrons. The van der Waals surface area contributed by atoms with Crippen LogP contribution in [0.15, 0.2) is 40.9 Å². The molecule has 2 rings (SSSR count). The van der Waals surface area contributed by atoms with E-state index in [1.165, 1.54) is 16.7 Å². The van der Waals surface area contributed by atoms with E-state index in [0.29, 0.717) is 0 Å². The third kappa shape index (κ3) is 4.09. The smallest absolute Gasteiger partial charge is 0.0454 e. The van der Waals surface area contributed by atoms with Gasteiger partial charge in [0.05, 0.1) is 0 Å². The van der Waals surface area contributed by atoms with Crippen molar-refractivity contribution in [3.8, 4) is 0 Å². The van der Waals surface area contributed by atoms with E-state index in [1.807, 2.05) is 12.1 Å². The van der Waals surface area contributed by atoms with Crippen LogP contribution in [0.5, 0.6) is 0 Å². The molecule has 3 heteroatoms. The number of likely N-dealkylation sites (N-methyl/N-ethyl adjacent to an activating group) is 1. The van der Waals surface area contributed by atoms with Gasteiger partial charge in [-0.15, -0.1) is 0 Å². The fourth-order valence-electron chi connectivity index (χ4n) is 2.70. The molecule has 112 valence electrons. The zero-order valence-electron chi connectivity index (χ0n) is 12.7. The van der Waals surface area contributed by atoms with Gasteiger partial charge in [-0.05, 0) is 67.3 Å². The average Bonchev–Trinajstić information content (AvgIpc) is 2.44. The molecule has 0 fully saturated rings. The van der Waals surface area contributed by atoms with Gasteiger partial charge in [0.15, 0.2) is 0 Å². The summed E-state index contributed by atoms with van der Waals surface area (Å²) in [6.07, 6.45) is 0.947. The first-order valence-corrected chi connectivity index (χ1v) is 8.43. The van der Waals surface area contributed by atoms with Gasteiger partial charge in [-0.1, -0.05) is 52.7 Å². The van der Waals surface area contributed by atoms with Crippen molar-refractivity contribution in [2.45, 2.75) is 33.2 Å². The molecule has 1 unspecified atom stereocenters. The molecule has 0 amide bonds. The van der Waals surface area contributed by atoms with E-state index in [0.717, 1.165) is 28.0 Å². The minimum atomic E-state index is 0.222. The topological polar surface area (TPSA) is 12.0 Å². The van der Waals surface area contributed by atoms with Crippen molar-refractivity contribution in [2.75, 3.05) is 6.54 Å². The van der Waals surface area contributed by atoms with E-state index in [1.54, 1.807) is 0 Å². The monoisotopic (exact) mass is 365 g/mol. The lowest BCUT2D eigenvalue weighted by Crippen LogP contribution is -2.24. The van der Waals surface area contributed by atoms with Crippen LogP contribution in [0.2, 0.25) is 5.02 Å². The van der Waals surface area contributed by atoms with E-state index in [9.17, 15) is 0 Å². The third-order valence-electron chi connectivity index (χ3n) is 3.84. The van der Waals surface area contributed by atoms with Gasteiger partial charge in [-0.2, -0.15) is 0 Å². The molecule has 0 spiro atoms.